The van der Waals surface area contributed by atoms with Crippen LogP contribution in [0.25, 0.3) is 0 Å². The van der Waals surface area contributed by atoms with Crippen molar-refractivity contribution in [2.45, 2.75) is 23.8 Å². The number of rotatable bonds is 3. The molecule has 1 saturated heterocycles. The minimum atomic E-state index is -3.75. The summed E-state index contributed by atoms with van der Waals surface area (Å²) in [6.45, 7) is 2.55. The number of hydrogen-bond acceptors (Lipinski definition) is 6. The molecule has 3 aliphatic rings. The molecule has 9 heteroatoms. The zero-order valence-electron chi connectivity index (χ0n) is 17.0. The van der Waals surface area contributed by atoms with Crippen molar-refractivity contribution in [2.24, 2.45) is 0 Å². The van der Waals surface area contributed by atoms with Crippen molar-refractivity contribution in [3.05, 3.63) is 48.0 Å². The molecule has 31 heavy (non-hydrogen) atoms. The van der Waals surface area contributed by atoms with E-state index in [-0.39, 0.29) is 17.4 Å². The zero-order chi connectivity index (χ0) is 21.4. The number of nitrogens with zero attached hydrogens (tertiary/aromatic N) is 2. The first-order chi connectivity index (χ1) is 15.0. The summed E-state index contributed by atoms with van der Waals surface area (Å²) in [4.78, 5) is 14.5. The number of carbonyl (C=O) groups is 1. The molecule has 0 spiro atoms. The standard InChI is InChI=1S/C22H24N2O6S/c25-22(23-10-12-28-13-11-23)21-15-29-20-14-17(7-8-19(20)30-21)31(26,27)24-9-3-5-16-4-1-2-6-18(16)24/h1-2,4,6-8,14,21H,3,5,9-13,15H2/t21-/m0/s1. The second kappa shape index (κ2) is 8.05. The largest absolute Gasteiger partial charge is 0.485 e. The minimum absolute atomic E-state index is 0.0409. The van der Waals surface area contributed by atoms with Crippen LogP contribution in [0, 0.1) is 0 Å². The van der Waals surface area contributed by atoms with Gasteiger partial charge in [-0.3, -0.25) is 9.10 Å². The highest BCUT2D eigenvalue weighted by Crippen LogP contribution is 2.37. The van der Waals surface area contributed by atoms with Crippen LogP contribution >= 0.6 is 0 Å². The van der Waals surface area contributed by atoms with Gasteiger partial charge in [0.15, 0.2) is 11.5 Å². The Hall–Kier alpha value is -2.78. The Morgan fingerprint density at radius 1 is 1.00 bits per heavy atom. The number of morpholine rings is 1. The second-order valence-electron chi connectivity index (χ2n) is 7.77. The van der Waals surface area contributed by atoms with E-state index < -0.39 is 16.1 Å². The summed E-state index contributed by atoms with van der Waals surface area (Å²) < 4.78 is 45.1. The van der Waals surface area contributed by atoms with Crippen LogP contribution in [-0.2, 0) is 26.0 Å². The fourth-order valence-electron chi connectivity index (χ4n) is 4.20. The van der Waals surface area contributed by atoms with Crippen molar-refractivity contribution in [3.8, 4) is 11.5 Å². The Kier molecular flexibility index (Phi) is 5.23. The number of ether oxygens (including phenoxy) is 3. The van der Waals surface area contributed by atoms with Gasteiger partial charge in [0, 0.05) is 25.7 Å². The van der Waals surface area contributed by atoms with Gasteiger partial charge in [-0.15, -0.1) is 0 Å². The molecule has 2 aromatic rings. The van der Waals surface area contributed by atoms with Crippen molar-refractivity contribution in [1.82, 2.24) is 4.90 Å². The van der Waals surface area contributed by atoms with Gasteiger partial charge < -0.3 is 19.1 Å². The van der Waals surface area contributed by atoms with Gasteiger partial charge in [0.2, 0.25) is 6.10 Å². The average Bonchev–Trinajstić information content (AvgIpc) is 2.83. The van der Waals surface area contributed by atoms with Crippen LogP contribution < -0.4 is 13.8 Å². The molecule has 1 amide bonds. The summed E-state index contributed by atoms with van der Waals surface area (Å²) in [5.74, 6) is 0.559. The third-order valence-corrected chi connectivity index (χ3v) is 7.64. The average molecular weight is 445 g/mol. The van der Waals surface area contributed by atoms with Crippen molar-refractivity contribution in [1.29, 1.82) is 0 Å². The van der Waals surface area contributed by atoms with Gasteiger partial charge >= 0.3 is 0 Å². The number of para-hydroxylation sites is 1. The number of fused-ring (bicyclic) bond motifs is 2. The van der Waals surface area contributed by atoms with E-state index in [1.165, 1.54) is 16.4 Å². The van der Waals surface area contributed by atoms with E-state index in [1.807, 2.05) is 24.3 Å². The number of sulfonamides is 1. The number of amides is 1. The number of benzene rings is 2. The molecule has 3 aliphatic heterocycles. The van der Waals surface area contributed by atoms with E-state index in [1.54, 1.807) is 11.0 Å². The monoisotopic (exact) mass is 444 g/mol. The third-order valence-electron chi connectivity index (χ3n) is 5.83. The number of anilines is 1. The van der Waals surface area contributed by atoms with Gasteiger partial charge in [0.1, 0.15) is 6.61 Å². The molecule has 0 aliphatic carbocycles. The molecule has 0 saturated carbocycles. The summed E-state index contributed by atoms with van der Waals surface area (Å²) >= 11 is 0. The molecular formula is C22H24N2O6S. The lowest BCUT2D eigenvalue weighted by Gasteiger charge is -2.33. The molecule has 1 atom stereocenters. The van der Waals surface area contributed by atoms with Crippen molar-refractivity contribution in [3.63, 3.8) is 0 Å². The van der Waals surface area contributed by atoms with Crippen LogP contribution in [0.5, 0.6) is 11.5 Å². The fraction of sp³-hybridized carbons (Fsp3) is 0.409. The van der Waals surface area contributed by atoms with Crippen LogP contribution in [-0.4, -0.2) is 64.8 Å². The van der Waals surface area contributed by atoms with E-state index >= 15 is 0 Å². The van der Waals surface area contributed by atoms with Crippen LogP contribution in [0.15, 0.2) is 47.4 Å². The van der Waals surface area contributed by atoms with Crippen LogP contribution in [0.3, 0.4) is 0 Å². The summed E-state index contributed by atoms with van der Waals surface area (Å²) in [6.07, 6.45) is 0.885. The highest BCUT2D eigenvalue weighted by molar-refractivity contribution is 7.92. The minimum Gasteiger partial charge on any atom is -0.485 e. The zero-order valence-corrected chi connectivity index (χ0v) is 17.8. The van der Waals surface area contributed by atoms with E-state index in [0.29, 0.717) is 44.3 Å². The lowest BCUT2D eigenvalue weighted by molar-refractivity contribution is -0.145. The molecule has 0 N–H and O–H groups in total. The van der Waals surface area contributed by atoms with Crippen LogP contribution in [0.4, 0.5) is 5.69 Å². The van der Waals surface area contributed by atoms with Crippen LogP contribution in [0.2, 0.25) is 0 Å². The highest BCUT2D eigenvalue weighted by Gasteiger charge is 2.34. The van der Waals surface area contributed by atoms with E-state index in [2.05, 4.69) is 0 Å². The maximum Gasteiger partial charge on any atom is 0.267 e. The molecule has 8 nitrogen and oxygen atoms in total. The first-order valence-corrected chi connectivity index (χ1v) is 11.9. The molecule has 3 heterocycles. The summed E-state index contributed by atoms with van der Waals surface area (Å²) in [5, 5.41) is 0. The molecule has 0 unspecified atom stereocenters. The lowest BCUT2D eigenvalue weighted by atomic mass is 10.0. The molecule has 2 aromatic carbocycles. The maximum absolute atomic E-state index is 13.4. The molecule has 1 fully saturated rings. The van der Waals surface area contributed by atoms with Gasteiger partial charge in [-0.05, 0) is 36.6 Å². The van der Waals surface area contributed by atoms with Crippen molar-refractivity contribution < 1.29 is 27.4 Å². The van der Waals surface area contributed by atoms with Gasteiger partial charge in [-0.25, -0.2) is 8.42 Å². The number of hydrogen-bond donors (Lipinski definition) is 0. The van der Waals surface area contributed by atoms with Gasteiger partial charge in [-0.1, -0.05) is 18.2 Å². The molecule has 0 bridgehead atoms. The Bertz CT molecular complexity index is 1100. The Labute approximate surface area is 181 Å². The first-order valence-electron chi connectivity index (χ1n) is 10.4. The maximum atomic E-state index is 13.4. The normalized spacial score (nSPS) is 20.8. The number of carbonyl (C=O) groups excluding carboxylic acids is 1. The smallest absolute Gasteiger partial charge is 0.267 e. The van der Waals surface area contributed by atoms with E-state index in [0.717, 1.165) is 24.1 Å². The lowest BCUT2D eigenvalue weighted by Crippen LogP contribution is -2.50. The second-order valence-corrected chi connectivity index (χ2v) is 9.64. The van der Waals surface area contributed by atoms with Gasteiger partial charge in [0.25, 0.3) is 15.9 Å². The molecule has 0 radical (unpaired) electrons. The Balaban J connectivity index is 1.37. The summed E-state index contributed by atoms with van der Waals surface area (Å²) in [5.41, 5.74) is 1.75. The predicted octanol–water partition coefficient (Wildman–Crippen LogP) is 1.83. The SMILES string of the molecule is O=C([C@@H]1COc2cc(S(=O)(=O)N3CCCc4ccccc43)ccc2O1)N1CCOCC1. The van der Waals surface area contributed by atoms with Gasteiger partial charge in [0.05, 0.1) is 23.8 Å². The first kappa shape index (κ1) is 20.1. The quantitative estimate of drug-likeness (QED) is 0.718. The van der Waals surface area contributed by atoms with Crippen molar-refractivity contribution in [2.75, 3.05) is 43.8 Å². The number of aryl methyl sites for hydroxylation is 1. The molecule has 5 rings (SSSR count). The van der Waals surface area contributed by atoms with Crippen molar-refractivity contribution >= 4 is 21.6 Å². The van der Waals surface area contributed by atoms with E-state index in [9.17, 15) is 13.2 Å². The third kappa shape index (κ3) is 3.72. The molecule has 0 aromatic heterocycles. The Morgan fingerprint density at radius 2 is 1.81 bits per heavy atom. The highest BCUT2D eigenvalue weighted by atomic mass is 32.2. The summed E-state index contributed by atoms with van der Waals surface area (Å²) in [7, 11) is -3.75. The van der Waals surface area contributed by atoms with E-state index in [4.69, 9.17) is 14.2 Å². The molecule has 164 valence electrons. The topological polar surface area (TPSA) is 85.4 Å². The summed E-state index contributed by atoms with van der Waals surface area (Å²) in [6, 6.07) is 12.1. The van der Waals surface area contributed by atoms with Crippen LogP contribution in [0.1, 0.15) is 12.0 Å². The molecular weight excluding hydrogens is 420 g/mol. The predicted molar refractivity (Wildman–Crippen MR) is 113 cm³/mol. The van der Waals surface area contributed by atoms with Gasteiger partial charge in [-0.2, -0.15) is 0 Å². The fourth-order valence-corrected chi connectivity index (χ4v) is 5.75. The Morgan fingerprint density at radius 3 is 2.65 bits per heavy atom.